The highest BCUT2D eigenvalue weighted by Gasteiger charge is 2.10. The van der Waals surface area contributed by atoms with Crippen molar-refractivity contribution in [2.24, 2.45) is 12.8 Å². The fourth-order valence-corrected chi connectivity index (χ4v) is 2.97. The Morgan fingerprint density at radius 2 is 2.15 bits per heavy atom. The van der Waals surface area contributed by atoms with Crippen molar-refractivity contribution in [2.45, 2.75) is 23.0 Å². The summed E-state index contributed by atoms with van der Waals surface area (Å²) in [5, 5.41) is 2.81. The monoisotopic (exact) mass is 356 g/mol. The quantitative estimate of drug-likeness (QED) is 0.810. The largest absolute Gasteiger partial charge is 0.339 e. The van der Waals surface area contributed by atoms with Crippen molar-refractivity contribution in [3.05, 3.63) is 48.9 Å². The van der Waals surface area contributed by atoms with Crippen LogP contribution in [0.1, 0.15) is 18.5 Å². The van der Waals surface area contributed by atoms with Gasteiger partial charge in [-0.15, -0.1) is 0 Å². The van der Waals surface area contributed by atoms with Gasteiger partial charge in [-0.3, -0.25) is 19.4 Å². The van der Waals surface area contributed by atoms with E-state index >= 15 is 0 Å². The van der Waals surface area contributed by atoms with Crippen LogP contribution < -0.4 is 16.9 Å². The molecule has 0 saturated carbocycles. The molecule has 1 aromatic heterocycles. The molecule has 20 heavy (non-hydrogen) atoms. The van der Waals surface area contributed by atoms with Gasteiger partial charge in [0.15, 0.2) is 5.16 Å². The van der Waals surface area contributed by atoms with Crippen LogP contribution in [0.5, 0.6) is 0 Å². The number of rotatable bonds is 3. The summed E-state index contributed by atoms with van der Waals surface area (Å²) in [4.78, 5) is 27.1. The van der Waals surface area contributed by atoms with Crippen molar-refractivity contribution in [1.29, 1.82) is 0 Å². The van der Waals surface area contributed by atoms with Crippen molar-refractivity contribution >= 4 is 27.7 Å². The molecule has 1 heterocycles. The number of H-pyrrole nitrogens is 1. The van der Waals surface area contributed by atoms with Crippen LogP contribution in [0.15, 0.2) is 42.3 Å². The number of hydrogen-bond acceptors (Lipinski definition) is 5. The van der Waals surface area contributed by atoms with Crippen LogP contribution in [-0.4, -0.2) is 14.8 Å². The Bertz CT molecular complexity index is 754. The number of aromatic nitrogens is 3. The normalized spacial score (nSPS) is 12.4. The van der Waals surface area contributed by atoms with E-state index in [0.717, 1.165) is 14.9 Å². The molecule has 0 saturated heterocycles. The van der Waals surface area contributed by atoms with Crippen molar-refractivity contribution in [3.63, 3.8) is 0 Å². The van der Waals surface area contributed by atoms with Crippen LogP contribution in [0.2, 0.25) is 0 Å². The number of aryl methyl sites for hydroxylation is 1. The molecule has 0 aliphatic carbocycles. The van der Waals surface area contributed by atoms with Gasteiger partial charge in [-0.1, -0.05) is 6.07 Å². The molecule has 0 amide bonds. The lowest BCUT2D eigenvalue weighted by molar-refractivity contribution is 0.596. The second-order valence-electron chi connectivity index (χ2n) is 4.28. The number of nitrogens with two attached hydrogens (primary N) is 1. The average molecular weight is 357 g/mol. The van der Waals surface area contributed by atoms with Crippen LogP contribution in [-0.2, 0) is 7.05 Å². The topological polar surface area (TPSA) is 93.8 Å². The van der Waals surface area contributed by atoms with E-state index in [9.17, 15) is 9.59 Å². The van der Waals surface area contributed by atoms with Gasteiger partial charge in [0.25, 0.3) is 0 Å². The van der Waals surface area contributed by atoms with E-state index in [1.807, 2.05) is 25.1 Å². The Morgan fingerprint density at radius 3 is 2.75 bits per heavy atom. The van der Waals surface area contributed by atoms with Crippen LogP contribution in [0.4, 0.5) is 0 Å². The van der Waals surface area contributed by atoms with Crippen LogP contribution in [0, 0.1) is 0 Å². The Morgan fingerprint density at radius 1 is 1.45 bits per heavy atom. The maximum Gasteiger partial charge on any atom is 0.339 e. The molecule has 0 fully saturated rings. The Labute approximate surface area is 127 Å². The molecule has 1 aromatic carbocycles. The fraction of sp³-hybridized carbons (Fsp3) is 0.250. The second kappa shape index (κ2) is 5.94. The smallest absolute Gasteiger partial charge is 0.324 e. The van der Waals surface area contributed by atoms with Crippen LogP contribution in [0.25, 0.3) is 0 Å². The van der Waals surface area contributed by atoms with E-state index in [2.05, 4.69) is 26.0 Å². The first-order valence-corrected chi connectivity index (χ1v) is 7.39. The lowest BCUT2D eigenvalue weighted by atomic mass is 10.1. The minimum Gasteiger partial charge on any atom is -0.324 e. The zero-order valence-corrected chi connectivity index (χ0v) is 13.3. The van der Waals surface area contributed by atoms with E-state index in [1.165, 1.54) is 16.4 Å². The molecule has 6 nitrogen and oxygen atoms in total. The number of benzene rings is 1. The molecule has 3 N–H and O–H groups in total. The van der Waals surface area contributed by atoms with Crippen molar-refractivity contribution in [2.75, 3.05) is 0 Å². The lowest BCUT2D eigenvalue weighted by Crippen LogP contribution is -2.33. The van der Waals surface area contributed by atoms with Gasteiger partial charge in [-0.05, 0) is 52.3 Å². The van der Waals surface area contributed by atoms with Crippen molar-refractivity contribution in [1.82, 2.24) is 14.8 Å². The molecule has 0 unspecified atom stereocenters. The molecule has 1 atom stereocenters. The molecule has 106 valence electrons. The van der Waals surface area contributed by atoms with Gasteiger partial charge in [-0.25, -0.2) is 0 Å². The number of nitrogens with one attached hydrogen (secondary N) is 1. The van der Waals surface area contributed by atoms with E-state index in [1.54, 1.807) is 7.05 Å². The van der Waals surface area contributed by atoms with E-state index < -0.39 is 11.1 Å². The Kier molecular flexibility index (Phi) is 4.46. The molecule has 0 aliphatic heterocycles. The highest BCUT2D eigenvalue weighted by Crippen LogP contribution is 2.32. The van der Waals surface area contributed by atoms with Gasteiger partial charge in [0, 0.05) is 22.5 Å². The summed E-state index contributed by atoms with van der Waals surface area (Å²) in [6.07, 6.45) is 0. The molecule has 2 rings (SSSR count). The summed E-state index contributed by atoms with van der Waals surface area (Å²) >= 11 is 4.75. The van der Waals surface area contributed by atoms with E-state index in [4.69, 9.17) is 5.73 Å². The Balaban J connectivity index is 2.38. The van der Waals surface area contributed by atoms with Gasteiger partial charge in [0.05, 0.1) is 0 Å². The van der Waals surface area contributed by atoms with Crippen molar-refractivity contribution < 1.29 is 0 Å². The number of aromatic amines is 1. The van der Waals surface area contributed by atoms with Gasteiger partial charge in [-0.2, -0.15) is 4.98 Å². The number of hydrogen-bond donors (Lipinski definition) is 2. The summed E-state index contributed by atoms with van der Waals surface area (Å²) < 4.78 is 2.28. The predicted molar refractivity (Wildman–Crippen MR) is 81.0 cm³/mol. The van der Waals surface area contributed by atoms with E-state index in [0.29, 0.717) is 5.16 Å². The van der Waals surface area contributed by atoms with Gasteiger partial charge >= 0.3 is 11.1 Å². The first-order valence-electron chi connectivity index (χ1n) is 5.78. The van der Waals surface area contributed by atoms with Crippen LogP contribution in [0.3, 0.4) is 0 Å². The third-order valence-corrected chi connectivity index (χ3v) is 4.67. The maximum atomic E-state index is 11.3. The molecule has 0 aliphatic rings. The zero-order valence-electron chi connectivity index (χ0n) is 10.9. The maximum absolute atomic E-state index is 11.3. The Hall–Kier alpha value is -1.38. The summed E-state index contributed by atoms with van der Waals surface area (Å²) in [6, 6.07) is 5.68. The van der Waals surface area contributed by atoms with Gasteiger partial charge in [0.1, 0.15) is 0 Å². The summed E-state index contributed by atoms with van der Waals surface area (Å²) in [5.74, 6) is 0. The predicted octanol–water partition coefficient (Wildman–Crippen LogP) is 1.40. The average Bonchev–Trinajstić information content (AvgIpc) is 2.37. The van der Waals surface area contributed by atoms with Gasteiger partial charge in [0.2, 0.25) is 0 Å². The minimum atomic E-state index is -0.797. The summed E-state index contributed by atoms with van der Waals surface area (Å²) in [7, 11) is 1.63. The standard InChI is InChI=1S/C12H13BrN4O2S/c1-6(14)7-3-4-9(8(13)5-7)20-12-15-10(18)11(19)16-17(12)2/h3-6H,14H2,1-2H3,(H,16,19)/t6-/m0/s1. The second-order valence-corrected chi connectivity index (χ2v) is 6.14. The lowest BCUT2D eigenvalue weighted by Gasteiger charge is -2.10. The van der Waals surface area contributed by atoms with Gasteiger partial charge < -0.3 is 5.73 Å². The molecular formula is C12H13BrN4O2S. The zero-order chi connectivity index (χ0) is 14.9. The fourth-order valence-electron chi connectivity index (χ4n) is 1.53. The molecule has 2 aromatic rings. The molecule has 8 heteroatoms. The SMILES string of the molecule is C[C@H](N)c1ccc(Sc2nc(=O)c(=O)[nH]n2C)c(Br)c1. The number of nitrogens with zero attached hydrogens (tertiary/aromatic N) is 2. The highest BCUT2D eigenvalue weighted by atomic mass is 79.9. The molecule has 0 bridgehead atoms. The molecule has 0 radical (unpaired) electrons. The molecule has 0 spiro atoms. The van der Waals surface area contributed by atoms with Crippen molar-refractivity contribution in [3.8, 4) is 0 Å². The van der Waals surface area contributed by atoms with E-state index in [-0.39, 0.29) is 6.04 Å². The first kappa shape index (κ1) is 15.0. The number of halogens is 1. The third-order valence-electron chi connectivity index (χ3n) is 2.63. The third kappa shape index (κ3) is 3.20. The minimum absolute atomic E-state index is 0.0547. The van der Waals surface area contributed by atoms with Crippen LogP contribution >= 0.6 is 27.7 Å². The first-order chi connectivity index (χ1) is 9.38. The molecular weight excluding hydrogens is 344 g/mol. The summed E-state index contributed by atoms with van der Waals surface area (Å²) in [6.45, 7) is 1.90. The summed E-state index contributed by atoms with van der Waals surface area (Å²) in [5.41, 5.74) is 5.29. The highest BCUT2D eigenvalue weighted by molar-refractivity contribution is 9.10.